The minimum Gasteiger partial charge on any atom is -0.497 e. The third-order valence-corrected chi connectivity index (χ3v) is 3.59. The summed E-state index contributed by atoms with van der Waals surface area (Å²) in [6.07, 6.45) is 1.63. The minimum atomic E-state index is 0.261. The number of methoxy groups -OCH3 is 1. The molecular formula is C17H28N2O2. The van der Waals surface area contributed by atoms with Crippen molar-refractivity contribution in [3.63, 3.8) is 0 Å². The van der Waals surface area contributed by atoms with E-state index in [1.807, 2.05) is 37.8 Å². The molecule has 0 spiro atoms. The summed E-state index contributed by atoms with van der Waals surface area (Å²) in [5.74, 6) is 1.14. The maximum Gasteiger partial charge on any atom is 0.222 e. The van der Waals surface area contributed by atoms with Gasteiger partial charge in [0.15, 0.2) is 0 Å². The van der Waals surface area contributed by atoms with Gasteiger partial charge in [-0.3, -0.25) is 4.79 Å². The lowest BCUT2D eigenvalue weighted by atomic mass is 10.2. The Balaban J connectivity index is 0.00000106. The van der Waals surface area contributed by atoms with E-state index in [1.165, 1.54) is 5.69 Å². The number of rotatable bonds is 3. The van der Waals surface area contributed by atoms with Crippen LogP contribution in [0.4, 0.5) is 5.69 Å². The van der Waals surface area contributed by atoms with Crippen molar-refractivity contribution in [1.82, 2.24) is 4.90 Å². The van der Waals surface area contributed by atoms with Gasteiger partial charge in [0.05, 0.1) is 7.11 Å². The van der Waals surface area contributed by atoms with E-state index in [4.69, 9.17) is 4.74 Å². The summed E-state index contributed by atoms with van der Waals surface area (Å²) in [6, 6.07) is 8.12. The van der Waals surface area contributed by atoms with Gasteiger partial charge in [0.25, 0.3) is 0 Å². The van der Waals surface area contributed by atoms with E-state index in [1.54, 1.807) is 7.11 Å². The fourth-order valence-corrected chi connectivity index (χ4v) is 2.44. The van der Waals surface area contributed by atoms with Crippen LogP contribution in [-0.4, -0.2) is 44.1 Å². The van der Waals surface area contributed by atoms with Crippen molar-refractivity contribution in [2.75, 3.05) is 38.2 Å². The molecular weight excluding hydrogens is 264 g/mol. The van der Waals surface area contributed by atoms with Crippen LogP contribution in [0.25, 0.3) is 0 Å². The number of anilines is 1. The molecule has 4 nitrogen and oxygen atoms in total. The molecule has 0 bridgehead atoms. The van der Waals surface area contributed by atoms with Crippen molar-refractivity contribution < 1.29 is 9.53 Å². The SMILES string of the molecule is CC.CCC(=O)N1CCCN(c2ccc(OC)cc2)CC1. The normalized spacial score (nSPS) is 14.9. The number of amides is 1. The largest absolute Gasteiger partial charge is 0.497 e. The van der Waals surface area contributed by atoms with Crippen molar-refractivity contribution in [2.45, 2.75) is 33.6 Å². The number of ether oxygens (including phenoxy) is 1. The summed E-state index contributed by atoms with van der Waals surface area (Å²) in [6.45, 7) is 9.52. The zero-order valence-corrected chi connectivity index (χ0v) is 13.8. The van der Waals surface area contributed by atoms with Crippen LogP contribution in [-0.2, 0) is 4.79 Å². The predicted molar refractivity (Wildman–Crippen MR) is 88.0 cm³/mol. The second-order valence-corrected chi connectivity index (χ2v) is 4.77. The summed E-state index contributed by atoms with van der Waals surface area (Å²) in [5, 5.41) is 0. The molecule has 1 amide bonds. The molecule has 21 heavy (non-hydrogen) atoms. The number of hydrogen-bond donors (Lipinski definition) is 0. The molecule has 4 heteroatoms. The maximum atomic E-state index is 11.7. The maximum absolute atomic E-state index is 11.7. The average Bonchev–Trinajstić information content (AvgIpc) is 2.82. The number of carbonyl (C=O) groups is 1. The fourth-order valence-electron chi connectivity index (χ4n) is 2.44. The van der Waals surface area contributed by atoms with Crippen molar-refractivity contribution in [3.8, 4) is 5.75 Å². The molecule has 0 saturated carbocycles. The van der Waals surface area contributed by atoms with E-state index in [0.717, 1.165) is 38.3 Å². The van der Waals surface area contributed by atoms with Gasteiger partial charge in [0, 0.05) is 38.3 Å². The molecule has 1 heterocycles. The Morgan fingerprint density at radius 3 is 2.33 bits per heavy atom. The first-order chi connectivity index (χ1) is 10.2. The zero-order valence-electron chi connectivity index (χ0n) is 13.8. The molecule has 1 saturated heterocycles. The van der Waals surface area contributed by atoms with E-state index in [0.29, 0.717) is 6.42 Å². The smallest absolute Gasteiger partial charge is 0.222 e. The molecule has 0 N–H and O–H groups in total. The number of nitrogens with zero attached hydrogens (tertiary/aromatic N) is 2. The third-order valence-electron chi connectivity index (χ3n) is 3.59. The summed E-state index contributed by atoms with van der Waals surface area (Å²) < 4.78 is 5.17. The number of hydrogen-bond acceptors (Lipinski definition) is 3. The first-order valence-electron chi connectivity index (χ1n) is 7.91. The molecule has 2 rings (SSSR count). The van der Waals surface area contributed by atoms with Gasteiger partial charge < -0.3 is 14.5 Å². The monoisotopic (exact) mass is 292 g/mol. The van der Waals surface area contributed by atoms with E-state index in [9.17, 15) is 4.79 Å². The van der Waals surface area contributed by atoms with Crippen molar-refractivity contribution in [3.05, 3.63) is 24.3 Å². The molecule has 0 unspecified atom stereocenters. The van der Waals surface area contributed by atoms with Crippen molar-refractivity contribution >= 4 is 11.6 Å². The van der Waals surface area contributed by atoms with E-state index in [-0.39, 0.29) is 5.91 Å². The predicted octanol–water partition coefficient (Wildman–Crippen LogP) is 3.17. The number of carbonyl (C=O) groups excluding carboxylic acids is 1. The van der Waals surface area contributed by atoms with Gasteiger partial charge in [-0.05, 0) is 30.7 Å². The molecule has 118 valence electrons. The van der Waals surface area contributed by atoms with Gasteiger partial charge in [-0.25, -0.2) is 0 Å². The van der Waals surface area contributed by atoms with Gasteiger partial charge in [0.2, 0.25) is 5.91 Å². The van der Waals surface area contributed by atoms with Gasteiger partial charge in [-0.1, -0.05) is 20.8 Å². The summed E-state index contributed by atoms with van der Waals surface area (Å²) in [4.78, 5) is 16.0. The van der Waals surface area contributed by atoms with Gasteiger partial charge in [-0.15, -0.1) is 0 Å². The highest BCUT2D eigenvalue weighted by molar-refractivity contribution is 5.75. The zero-order chi connectivity index (χ0) is 15.7. The molecule has 1 aliphatic heterocycles. The van der Waals surface area contributed by atoms with Gasteiger partial charge in [-0.2, -0.15) is 0 Å². The highest BCUT2D eigenvalue weighted by Crippen LogP contribution is 2.20. The van der Waals surface area contributed by atoms with Crippen LogP contribution in [0.2, 0.25) is 0 Å². The Hall–Kier alpha value is -1.71. The molecule has 1 aromatic carbocycles. The van der Waals surface area contributed by atoms with Crippen LogP contribution in [0.3, 0.4) is 0 Å². The lowest BCUT2D eigenvalue weighted by molar-refractivity contribution is -0.130. The second-order valence-electron chi connectivity index (χ2n) is 4.77. The van der Waals surface area contributed by atoms with E-state index >= 15 is 0 Å². The Bertz CT molecular complexity index is 417. The van der Waals surface area contributed by atoms with Gasteiger partial charge >= 0.3 is 0 Å². The van der Waals surface area contributed by atoms with Crippen molar-refractivity contribution in [1.29, 1.82) is 0 Å². The lowest BCUT2D eigenvalue weighted by Gasteiger charge is -2.23. The van der Waals surface area contributed by atoms with Crippen LogP contribution in [0.15, 0.2) is 24.3 Å². The highest BCUT2D eigenvalue weighted by atomic mass is 16.5. The molecule has 0 atom stereocenters. The fraction of sp³-hybridized carbons (Fsp3) is 0.588. The lowest BCUT2D eigenvalue weighted by Crippen LogP contribution is -2.34. The molecule has 1 aliphatic rings. The number of benzene rings is 1. The van der Waals surface area contributed by atoms with Crippen molar-refractivity contribution in [2.24, 2.45) is 0 Å². The molecule has 0 aromatic heterocycles. The molecule has 0 aliphatic carbocycles. The van der Waals surface area contributed by atoms with Crippen LogP contribution in [0, 0.1) is 0 Å². The van der Waals surface area contributed by atoms with Gasteiger partial charge in [0.1, 0.15) is 5.75 Å². The average molecular weight is 292 g/mol. The van der Waals surface area contributed by atoms with E-state index < -0.39 is 0 Å². The third kappa shape index (κ3) is 4.96. The highest BCUT2D eigenvalue weighted by Gasteiger charge is 2.17. The standard InChI is InChI=1S/C15H22N2O2.C2H6/c1-3-15(18)17-10-4-9-16(11-12-17)13-5-7-14(19-2)8-6-13;1-2/h5-8H,3-4,9-12H2,1-2H3;1-2H3. The minimum absolute atomic E-state index is 0.261. The summed E-state index contributed by atoms with van der Waals surface area (Å²) in [5.41, 5.74) is 1.20. The van der Waals surface area contributed by atoms with Crippen LogP contribution < -0.4 is 9.64 Å². The Morgan fingerprint density at radius 2 is 1.76 bits per heavy atom. The van der Waals surface area contributed by atoms with E-state index in [2.05, 4.69) is 17.0 Å². The molecule has 0 radical (unpaired) electrons. The van der Waals surface area contributed by atoms with Crippen LogP contribution in [0.1, 0.15) is 33.6 Å². The van der Waals surface area contributed by atoms with Crippen LogP contribution in [0.5, 0.6) is 5.75 Å². The topological polar surface area (TPSA) is 32.8 Å². The first kappa shape index (κ1) is 17.3. The Kier molecular flexibility index (Phi) is 7.65. The van der Waals surface area contributed by atoms with Crippen LogP contribution >= 0.6 is 0 Å². The first-order valence-corrected chi connectivity index (χ1v) is 7.91. The Labute approximate surface area is 128 Å². The summed E-state index contributed by atoms with van der Waals surface area (Å²) in [7, 11) is 1.68. The second kappa shape index (κ2) is 9.27. The quantitative estimate of drug-likeness (QED) is 0.858. The Morgan fingerprint density at radius 1 is 1.10 bits per heavy atom. The molecule has 1 fully saturated rings. The summed E-state index contributed by atoms with van der Waals surface area (Å²) >= 11 is 0. The molecule has 1 aromatic rings.